The van der Waals surface area contributed by atoms with Crippen molar-refractivity contribution < 1.29 is 18.7 Å². The molecule has 1 aromatic carbocycles. The smallest absolute Gasteiger partial charge is 0.408 e. The second-order valence-corrected chi connectivity index (χ2v) is 8.61. The highest BCUT2D eigenvalue weighted by atomic mass is 19.1. The molecule has 3 rings (SSSR count). The summed E-state index contributed by atoms with van der Waals surface area (Å²) < 4.78 is 20.5. The molecule has 0 spiro atoms. The van der Waals surface area contributed by atoms with E-state index < -0.39 is 23.4 Å². The van der Waals surface area contributed by atoms with Gasteiger partial charge in [0.05, 0.1) is 17.1 Å². The lowest BCUT2D eigenvalue weighted by Crippen LogP contribution is -2.39. The molecule has 0 fully saturated rings. The van der Waals surface area contributed by atoms with Crippen molar-refractivity contribution in [1.29, 1.82) is 0 Å². The number of rotatable bonds is 3. The van der Waals surface area contributed by atoms with Crippen LogP contribution in [0.5, 0.6) is 0 Å². The third kappa shape index (κ3) is 4.28. The van der Waals surface area contributed by atoms with Crippen molar-refractivity contribution in [2.75, 3.05) is 0 Å². The number of aromatic nitrogens is 1. The van der Waals surface area contributed by atoms with Crippen LogP contribution in [0.1, 0.15) is 67.2 Å². The molecule has 1 aliphatic rings. The van der Waals surface area contributed by atoms with Gasteiger partial charge in [0.25, 0.3) is 5.91 Å². The normalized spacial score (nSPS) is 17.2. The van der Waals surface area contributed by atoms with Gasteiger partial charge < -0.3 is 20.8 Å². The van der Waals surface area contributed by atoms with Crippen LogP contribution in [0.3, 0.4) is 0 Å². The maximum Gasteiger partial charge on any atom is 0.408 e. The highest BCUT2D eigenvalue weighted by Crippen LogP contribution is 2.38. The summed E-state index contributed by atoms with van der Waals surface area (Å²) in [4.78, 5) is 27.1. The average Bonchev–Trinajstić information content (AvgIpc) is 2.88. The van der Waals surface area contributed by atoms with Gasteiger partial charge in [0.15, 0.2) is 0 Å². The number of alkyl carbamates (subject to hydrolysis) is 1. The highest BCUT2D eigenvalue weighted by molar-refractivity contribution is 6.09. The highest BCUT2D eigenvalue weighted by Gasteiger charge is 2.26. The number of H-pyrrole nitrogens is 1. The van der Waals surface area contributed by atoms with Gasteiger partial charge in [-0.2, -0.15) is 0 Å². The van der Waals surface area contributed by atoms with E-state index in [9.17, 15) is 9.59 Å². The minimum absolute atomic E-state index is 0.136. The Morgan fingerprint density at radius 2 is 2.00 bits per heavy atom. The van der Waals surface area contributed by atoms with Crippen LogP contribution in [0.4, 0.5) is 9.18 Å². The van der Waals surface area contributed by atoms with E-state index in [1.54, 1.807) is 20.8 Å². The van der Waals surface area contributed by atoms with Gasteiger partial charge in [-0.1, -0.05) is 6.08 Å². The van der Waals surface area contributed by atoms with Crippen molar-refractivity contribution in [3.05, 3.63) is 40.3 Å². The van der Waals surface area contributed by atoms with Crippen LogP contribution in [-0.2, 0) is 4.74 Å². The van der Waals surface area contributed by atoms with Crippen LogP contribution < -0.4 is 11.1 Å². The predicted octanol–water partition coefficient (Wildman–Crippen LogP) is 4.48. The lowest BCUT2D eigenvalue weighted by atomic mass is 9.87. The van der Waals surface area contributed by atoms with E-state index in [2.05, 4.69) is 10.3 Å². The van der Waals surface area contributed by atoms with Crippen LogP contribution in [0, 0.1) is 19.7 Å². The second kappa shape index (κ2) is 7.54. The number of hydrogen-bond donors (Lipinski definition) is 3. The summed E-state index contributed by atoms with van der Waals surface area (Å²) in [7, 11) is 0. The van der Waals surface area contributed by atoms with E-state index in [0.717, 1.165) is 29.7 Å². The van der Waals surface area contributed by atoms with E-state index >= 15 is 4.39 Å². The van der Waals surface area contributed by atoms with Gasteiger partial charge in [-0.25, -0.2) is 9.18 Å². The van der Waals surface area contributed by atoms with Crippen LogP contribution in [0.2, 0.25) is 0 Å². The SMILES string of the molecule is Cc1[nH]c2c(C(N)=O)cc(F)c(C3=CC(NC(=O)OC(C)(C)C)CCC3)c2c1C. The van der Waals surface area contributed by atoms with Crippen LogP contribution in [-0.4, -0.2) is 28.6 Å². The number of ether oxygens (including phenoxy) is 1. The maximum absolute atomic E-state index is 15.2. The van der Waals surface area contributed by atoms with E-state index in [4.69, 9.17) is 10.5 Å². The fourth-order valence-electron chi connectivity index (χ4n) is 3.84. The number of aromatic amines is 1. The predicted molar refractivity (Wildman–Crippen MR) is 111 cm³/mol. The van der Waals surface area contributed by atoms with Crippen molar-refractivity contribution in [3.63, 3.8) is 0 Å². The number of hydrogen-bond acceptors (Lipinski definition) is 3. The van der Waals surface area contributed by atoms with E-state index in [1.807, 2.05) is 19.9 Å². The van der Waals surface area contributed by atoms with E-state index in [1.165, 1.54) is 6.07 Å². The monoisotopic (exact) mass is 401 g/mol. The zero-order valence-corrected chi connectivity index (χ0v) is 17.5. The number of allylic oxidation sites excluding steroid dienone is 1. The molecule has 1 aliphatic carbocycles. The molecular formula is C22H28FN3O3. The molecule has 1 heterocycles. The molecule has 7 heteroatoms. The Hall–Kier alpha value is -2.83. The Balaban J connectivity index is 2.05. The third-order valence-corrected chi connectivity index (χ3v) is 5.18. The molecule has 0 bridgehead atoms. The lowest BCUT2D eigenvalue weighted by Gasteiger charge is -2.26. The molecule has 1 atom stereocenters. The van der Waals surface area contributed by atoms with Gasteiger partial charge in [0.1, 0.15) is 11.4 Å². The molecule has 2 amide bonds. The quantitative estimate of drug-likeness (QED) is 0.707. The fourth-order valence-corrected chi connectivity index (χ4v) is 3.84. The molecule has 156 valence electrons. The first-order valence-electron chi connectivity index (χ1n) is 9.79. The van der Waals surface area contributed by atoms with Crippen molar-refractivity contribution in [2.24, 2.45) is 5.73 Å². The summed E-state index contributed by atoms with van der Waals surface area (Å²) in [5.74, 6) is -1.17. The fraction of sp³-hybridized carbons (Fsp3) is 0.455. The minimum Gasteiger partial charge on any atom is -0.444 e. The Kier molecular flexibility index (Phi) is 5.43. The molecule has 0 radical (unpaired) electrons. The summed E-state index contributed by atoms with van der Waals surface area (Å²) in [5.41, 5.74) is 8.55. The number of primary amides is 1. The zero-order chi connectivity index (χ0) is 21.5. The van der Waals surface area contributed by atoms with Crippen molar-refractivity contribution >= 4 is 28.5 Å². The standard InChI is InChI=1S/C22H28FN3O3/c1-11-12(2)25-19-15(20(24)27)10-16(23)18(17(11)19)13-7-6-8-14(9-13)26-21(28)29-22(3,4)5/h9-10,14,25H,6-8H2,1-5H3,(H2,24,27)(H,26,28). The Bertz CT molecular complexity index is 1010. The number of amides is 2. The molecule has 0 saturated heterocycles. The van der Waals surface area contributed by atoms with Crippen molar-refractivity contribution in [2.45, 2.75) is 65.5 Å². The van der Waals surface area contributed by atoms with Gasteiger partial charge in [-0.3, -0.25) is 4.79 Å². The van der Waals surface area contributed by atoms with Crippen molar-refractivity contribution in [1.82, 2.24) is 10.3 Å². The van der Waals surface area contributed by atoms with Crippen LogP contribution in [0.15, 0.2) is 12.1 Å². The first kappa shape index (κ1) is 20.9. The number of carbonyl (C=O) groups is 2. The van der Waals surface area contributed by atoms with E-state index in [0.29, 0.717) is 22.9 Å². The molecular weight excluding hydrogens is 373 g/mol. The molecule has 6 nitrogen and oxygen atoms in total. The second-order valence-electron chi connectivity index (χ2n) is 8.61. The van der Waals surface area contributed by atoms with Crippen LogP contribution in [0.25, 0.3) is 16.5 Å². The summed E-state index contributed by atoms with van der Waals surface area (Å²) in [6.45, 7) is 9.18. The number of fused-ring (bicyclic) bond motifs is 1. The molecule has 1 unspecified atom stereocenters. The Morgan fingerprint density at radius 1 is 1.31 bits per heavy atom. The number of nitrogens with one attached hydrogen (secondary N) is 2. The summed E-state index contributed by atoms with van der Waals surface area (Å²) in [5, 5.41) is 3.52. The first-order chi connectivity index (χ1) is 13.5. The molecule has 4 N–H and O–H groups in total. The molecule has 0 saturated carbocycles. The summed E-state index contributed by atoms with van der Waals surface area (Å²) in [6.07, 6.45) is 3.61. The zero-order valence-electron chi connectivity index (χ0n) is 17.5. The molecule has 29 heavy (non-hydrogen) atoms. The van der Waals surface area contributed by atoms with Gasteiger partial charge in [0, 0.05) is 16.6 Å². The van der Waals surface area contributed by atoms with Gasteiger partial charge >= 0.3 is 6.09 Å². The molecule has 0 aliphatic heterocycles. The minimum atomic E-state index is -0.677. The third-order valence-electron chi connectivity index (χ3n) is 5.18. The number of benzene rings is 1. The van der Waals surface area contributed by atoms with Gasteiger partial charge in [0.2, 0.25) is 0 Å². The van der Waals surface area contributed by atoms with Gasteiger partial charge in [-0.05, 0) is 71.1 Å². The lowest BCUT2D eigenvalue weighted by molar-refractivity contribution is 0.0511. The average molecular weight is 401 g/mol. The van der Waals surface area contributed by atoms with Gasteiger partial charge in [-0.15, -0.1) is 0 Å². The summed E-state index contributed by atoms with van der Waals surface area (Å²) in [6, 6.07) is 0.945. The van der Waals surface area contributed by atoms with Crippen LogP contribution >= 0.6 is 0 Å². The number of halogens is 1. The molecule has 1 aromatic heterocycles. The maximum atomic E-state index is 15.2. The van der Waals surface area contributed by atoms with Crippen molar-refractivity contribution in [3.8, 4) is 0 Å². The Labute approximate surface area is 169 Å². The summed E-state index contributed by atoms with van der Waals surface area (Å²) >= 11 is 0. The number of aryl methyl sites for hydroxylation is 2. The largest absolute Gasteiger partial charge is 0.444 e. The first-order valence-corrected chi connectivity index (χ1v) is 9.79. The molecule has 2 aromatic rings. The topological polar surface area (TPSA) is 97.2 Å². The number of carbonyl (C=O) groups excluding carboxylic acids is 2. The number of nitrogens with two attached hydrogens (primary N) is 1. The Morgan fingerprint density at radius 3 is 2.62 bits per heavy atom. The van der Waals surface area contributed by atoms with E-state index in [-0.39, 0.29) is 11.6 Å².